The van der Waals surface area contributed by atoms with Crippen molar-refractivity contribution in [2.45, 2.75) is 19.6 Å². The van der Waals surface area contributed by atoms with Gasteiger partial charge in [0.25, 0.3) is 5.91 Å². The van der Waals surface area contributed by atoms with Crippen LogP contribution < -0.4 is 5.73 Å². The number of carbonyl (C=O) groups excluding carboxylic acids is 1. The predicted molar refractivity (Wildman–Crippen MR) is 83.6 cm³/mol. The third kappa shape index (κ3) is 4.19. The number of aromatic nitrogens is 2. The molecule has 0 saturated carbocycles. The maximum Gasteiger partial charge on any atom is 0.254 e. The minimum Gasteiger partial charge on any atom is -0.399 e. The summed E-state index contributed by atoms with van der Waals surface area (Å²) in [6.07, 6.45) is -0.252. The van der Waals surface area contributed by atoms with Crippen LogP contribution >= 0.6 is 12.4 Å². The highest BCUT2D eigenvalue weighted by atomic mass is 35.5. The zero-order chi connectivity index (χ0) is 15.4. The van der Waals surface area contributed by atoms with E-state index in [-0.39, 0.29) is 31.0 Å². The third-order valence-electron chi connectivity index (χ3n) is 3.05. The molecule has 0 spiro atoms. The molecule has 0 bridgehead atoms. The average molecular weight is 327 g/mol. The number of benzene rings is 1. The lowest BCUT2D eigenvalue weighted by Gasteiger charge is -2.14. The lowest BCUT2D eigenvalue weighted by Crippen LogP contribution is -2.26. The smallest absolute Gasteiger partial charge is 0.254 e. The second-order valence-corrected chi connectivity index (χ2v) is 4.71. The molecule has 1 heterocycles. The number of nitrogen functional groups attached to an aromatic ring is 1. The van der Waals surface area contributed by atoms with Gasteiger partial charge in [-0.1, -0.05) is 11.2 Å². The van der Waals surface area contributed by atoms with E-state index in [1.807, 2.05) is 6.92 Å². The molecule has 2 aromatic rings. The number of hydrogen-bond acceptors (Lipinski definition) is 6. The monoisotopic (exact) mass is 326 g/mol. The number of hydrogen-bond donors (Lipinski definition) is 1. The maximum absolute atomic E-state index is 12.3. The van der Waals surface area contributed by atoms with Crippen LogP contribution in [0.4, 0.5) is 5.69 Å². The first-order valence-corrected chi connectivity index (χ1v) is 6.47. The molecule has 1 amide bonds. The molecule has 2 rings (SSSR count). The molecule has 1 atom stereocenters. The van der Waals surface area contributed by atoms with Crippen molar-refractivity contribution in [1.82, 2.24) is 15.0 Å². The number of anilines is 1. The van der Waals surface area contributed by atoms with Gasteiger partial charge in [-0.25, -0.2) is 0 Å². The van der Waals surface area contributed by atoms with E-state index in [9.17, 15) is 4.79 Å². The molecule has 1 aromatic heterocycles. The summed E-state index contributed by atoms with van der Waals surface area (Å²) in [7, 11) is 3.23. The molecule has 0 aliphatic carbocycles. The number of methoxy groups -OCH3 is 1. The van der Waals surface area contributed by atoms with E-state index in [0.29, 0.717) is 23.0 Å². The van der Waals surface area contributed by atoms with Crippen LogP contribution in [0, 0.1) is 0 Å². The molecule has 1 unspecified atom stereocenters. The Kier molecular flexibility index (Phi) is 6.33. The minimum absolute atomic E-state index is 0. The Morgan fingerprint density at radius 2 is 2.23 bits per heavy atom. The summed E-state index contributed by atoms with van der Waals surface area (Å²) in [5.41, 5.74) is 6.74. The molecule has 22 heavy (non-hydrogen) atoms. The van der Waals surface area contributed by atoms with Gasteiger partial charge in [0.2, 0.25) is 5.89 Å². The van der Waals surface area contributed by atoms with Crippen LogP contribution in [-0.2, 0) is 11.3 Å². The topological polar surface area (TPSA) is 94.5 Å². The molecule has 0 aliphatic rings. The van der Waals surface area contributed by atoms with E-state index in [0.717, 1.165) is 0 Å². The van der Waals surface area contributed by atoms with E-state index in [1.165, 1.54) is 4.90 Å². The van der Waals surface area contributed by atoms with Gasteiger partial charge < -0.3 is 19.9 Å². The van der Waals surface area contributed by atoms with E-state index in [1.54, 1.807) is 38.4 Å². The van der Waals surface area contributed by atoms with Crippen LogP contribution in [0.2, 0.25) is 0 Å². The number of carbonyl (C=O) groups is 1. The van der Waals surface area contributed by atoms with Crippen LogP contribution in [0.15, 0.2) is 28.8 Å². The van der Waals surface area contributed by atoms with Crippen molar-refractivity contribution in [3.05, 3.63) is 41.5 Å². The lowest BCUT2D eigenvalue weighted by molar-refractivity contribution is 0.0769. The van der Waals surface area contributed by atoms with Gasteiger partial charge in [-0.3, -0.25) is 4.79 Å². The van der Waals surface area contributed by atoms with Crippen LogP contribution in [0.25, 0.3) is 0 Å². The van der Waals surface area contributed by atoms with Gasteiger partial charge in [0, 0.05) is 25.4 Å². The Labute approximate surface area is 134 Å². The molecule has 0 fully saturated rings. The van der Waals surface area contributed by atoms with Gasteiger partial charge in [0.1, 0.15) is 6.10 Å². The van der Waals surface area contributed by atoms with Crippen LogP contribution in [0.3, 0.4) is 0 Å². The van der Waals surface area contributed by atoms with Crippen molar-refractivity contribution in [3.63, 3.8) is 0 Å². The number of ether oxygens (including phenoxy) is 1. The largest absolute Gasteiger partial charge is 0.399 e. The van der Waals surface area contributed by atoms with Gasteiger partial charge in [0.15, 0.2) is 5.82 Å². The molecule has 7 nitrogen and oxygen atoms in total. The Morgan fingerprint density at radius 1 is 1.50 bits per heavy atom. The summed E-state index contributed by atoms with van der Waals surface area (Å²) in [4.78, 5) is 17.9. The Bertz CT molecular complexity index is 632. The van der Waals surface area contributed by atoms with Gasteiger partial charge in [-0.15, -0.1) is 12.4 Å². The van der Waals surface area contributed by atoms with Crippen molar-refractivity contribution in [3.8, 4) is 0 Å². The highest BCUT2D eigenvalue weighted by Gasteiger charge is 2.17. The summed E-state index contributed by atoms with van der Waals surface area (Å²) in [5, 5.41) is 3.82. The first-order valence-electron chi connectivity index (χ1n) is 6.47. The van der Waals surface area contributed by atoms with Gasteiger partial charge in [-0.2, -0.15) is 4.98 Å². The zero-order valence-electron chi connectivity index (χ0n) is 12.6. The summed E-state index contributed by atoms with van der Waals surface area (Å²) in [6.45, 7) is 2.04. The minimum atomic E-state index is -0.252. The molecule has 1 aromatic carbocycles. The Hall–Kier alpha value is -2.12. The number of nitrogens with zero attached hydrogens (tertiary/aromatic N) is 3. The third-order valence-corrected chi connectivity index (χ3v) is 3.05. The second-order valence-electron chi connectivity index (χ2n) is 4.71. The van der Waals surface area contributed by atoms with Crippen LogP contribution in [-0.4, -0.2) is 35.1 Å². The number of nitrogens with two attached hydrogens (primary N) is 1. The number of rotatable bonds is 5. The van der Waals surface area contributed by atoms with E-state index in [4.69, 9.17) is 15.0 Å². The molecule has 0 saturated heterocycles. The molecule has 120 valence electrons. The standard InChI is InChI=1S/C14H18N4O3.ClH/c1-9(20-3)13-16-12(21-17-13)8-18(2)14(19)10-5-4-6-11(15)7-10;/h4-7,9H,8,15H2,1-3H3;1H. The van der Waals surface area contributed by atoms with E-state index in [2.05, 4.69) is 10.1 Å². The highest BCUT2D eigenvalue weighted by molar-refractivity contribution is 5.94. The van der Waals surface area contributed by atoms with Crippen LogP contribution in [0.1, 0.15) is 35.1 Å². The van der Waals surface area contributed by atoms with Gasteiger partial charge >= 0.3 is 0 Å². The molecule has 8 heteroatoms. The van der Waals surface area contributed by atoms with Crippen molar-refractivity contribution < 1.29 is 14.1 Å². The summed E-state index contributed by atoms with van der Waals surface area (Å²) >= 11 is 0. The first kappa shape index (κ1) is 17.9. The highest BCUT2D eigenvalue weighted by Crippen LogP contribution is 2.14. The summed E-state index contributed by atoms with van der Waals surface area (Å²) in [5.74, 6) is 0.646. The predicted octanol–water partition coefficient (Wildman–Crippen LogP) is 2.05. The summed E-state index contributed by atoms with van der Waals surface area (Å²) in [6, 6.07) is 6.81. The Balaban J connectivity index is 0.00000242. The van der Waals surface area contributed by atoms with Crippen molar-refractivity contribution in [2.24, 2.45) is 0 Å². The van der Waals surface area contributed by atoms with Gasteiger partial charge in [-0.05, 0) is 25.1 Å². The van der Waals surface area contributed by atoms with E-state index >= 15 is 0 Å². The normalized spacial score (nSPS) is 11.6. The quantitative estimate of drug-likeness (QED) is 0.845. The SMILES string of the molecule is COC(C)c1noc(CN(C)C(=O)c2cccc(N)c2)n1.Cl. The summed E-state index contributed by atoms with van der Waals surface area (Å²) < 4.78 is 10.2. The zero-order valence-corrected chi connectivity index (χ0v) is 13.5. The molecular formula is C14H19ClN4O3. The van der Waals surface area contributed by atoms with Crippen LogP contribution in [0.5, 0.6) is 0 Å². The Morgan fingerprint density at radius 3 is 2.86 bits per heavy atom. The lowest BCUT2D eigenvalue weighted by atomic mass is 10.2. The van der Waals surface area contributed by atoms with E-state index < -0.39 is 0 Å². The van der Waals surface area contributed by atoms with Crippen molar-refractivity contribution in [2.75, 3.05) is 19.9 Å². The molecular weight excluding hydrogens is 308 g/mol. The maximum atomic E-state index is 12.3. The fourth-order valence-electron chi connectivity index (χ4n) is 1.77. The molecule has 0 radical (unpaired) electrons. The fourth-order valence-corrected chi connectivity index (χ4v) is 1.77. The number of amides is 1. The van der Waals surface area contributed by atoms with Gasteiger partial charge in [0.05, 0.1) is 6.54 Å². The molecule has 2 N–H and O–H groups in total. The number of halogens is 1. The van der Waals surface area contributed by atoms with Crippen molar-refractivity contribution >= 4 is 24.0 Å². The average Bonchev–Trinajstić information content (AvgIpc) is 2.94. The second kappa shape index (κ2) is 7.77. The first-order chi connectivity index (χ1) is 10.0. The molecule has 0 aliphatic heterocycles. The van der Waals surface area contributed by atoms with Crippen molar-refractivity contribution in [1.29, 1.82) is 0 Å². The fraction of sp³-hybridized carbons (Fsp3) is 0.357.